The first-order chi connectivity index (χ1) is 7.88. The van der Waals surface area contributed by atoms with Crippen molar-refractivity contribution in [2.75, 3.05) is 16.6 Å². The fraction of sp³-hybridized carbons (Fsp3) is 0.300. The second-order valence-corrected chi connectivity index (χ2v) is 5.97. The second-order valence-electron chi connectivity index (χ2n) is 3.38. The molecule has 0 radical (unpaired) electrons. The van der Waals surface area contributed by atoms with E-state index < -0.39 is 10.0 Å². The Hall–Kier alpha value is -1.27. The van der Waals surface area contributed by atoms with E-state index in [1.807, 2.05) is 0 Å². The third-order valence-corrected chi connectivity index (χ3v) is 4.18. The molecule has 0 saturated heterocycles. The molecular formula is C10H14ClN3O2S. The van der Waals surface area contributed by atoms with Crippen molar-refractivity contribution in [3.05, 3.63) is 29.3 Å². The molecule has 17 heavy (non-hydrogen) atoms. The monoisotopic (exact) mass is 275 g/mol. The topological polar surface area (TPSA) is 87.2 Å². The minimum Gasteiger partial charge on any atom is -0.386 e. The number of hydrogen-bond acceptors (Lipinski definition) is 3. The van der Waals surface area contributed by atoms with Crippen LogP contribution in [-0.2, 0) is 10.0 Å². The maximum absolute atomic E-state index is 11.9. The van der Waals surface area contributed by atoms with Gasteiger partial charge in [0.15, 0.2) is 0 Å². The van der Waals surface area contributed by atoms with Gasteiger partial charge in [0.25, 0.3) is 0 Å². The van der Waals surface area contributed by atoms with Gasteiger partial charge in [0.05, 0.1) is 23.0 Å². The molecule has 0 heterocycles. The molecule has 0 aliphatic carbocycles. The number of para-hydroxylation sites is 1. The van der Waals surface area contributed by atoms with Crippen LogP contribution in [0.15, 0.2) is 24.3 Å². The van der Waals surface area contributed by atoms with E-state index in [-0.39, 0.29) is 18.1 Å². The SMILES string of the molecule is CCS(=O)(=O)N(CC(=N)N)c1ccccc1Cl. The van der Waals surface area contributed by atoms with Gasteiger partial charge >= 0.3 is 0 Å². The number of benzene rings is 1. The van der Waals surface area contributed by atoms with Gasteiger partial charge < -0.3 is 5.73 Å². The summed E-state index contributed by atoms with van der Waals surface area (Å²) in [5, 5.41) is 7.54. The number of hydrogen-bond donors (Lipinski definition) is 2. The Labute approximate surface area is 106 Å². The Morgan fingerprint density at radius 1 is 1.47 bits per heavy atom. The van der Waals surface area contributed by atoms with Gasteiger partial charge in [0, 0.05) is 0 Å². The van der Waals surface area contributed by atoms with Gasteiger partial charge in [-0.05, 0) is 19.1 Å². The molecule has 1 rings (SSSR count). The molecule has 0 spiro atoms. The molecule has 0 aliphatic heterocycles. The Balaban J connectivity index is 3.25. The van der Waals surface area contributed by atoms with Crippen LogP contribution in [0.4, 0.5) is 5.69 Å². The van der Waals surface area contributed by atoms with Crippen molar-refractivity contribution < 1.29 is 8.42 Å². The lowest BCUT2D eigenvalue weighted by atomic mass is 10.3. The number of amidine groups is 1. The smallest absolute Gasteiger partial charge is 0.235 e. The predicted octanol–water partition coefficient (Wildman–Crippen LogP) is 1.43. The molecule has 1 aromatic carbocycles. The van der Waals surface area contributed by atoms with Gasteiger partial charge in [-0.25, -0.2) is 8.42 Å². The van der Waals surface area contributed by atoms with Crippen LogP contribution in [0.25, 0.3) is 0 Å². The zero-order valence-corrected chi connectivity index (χ0v) is 10.9. The molecular weight excluding hydrogens is 262 g/mol. The second kappa shape index (κ2) is 5.37. The molecule has 0 aromatic heterocycles. The van der Waals surface area contributed by atoms with Crippen molar-refractivity contribution in [3.63, 3.8) is 0 Å². The minimum atomic E-state index is -3.50. The van der Waals surface area contributed by atoms with Crippen LogP contribution in [0.2, 0.25) is 5.02 Å². The molecule has 0 fully saturated rings. The highest BCUT2D eigenvalue weighted by Gasteiger charge is 2.22. The summed E-state index contributed by atoms with van der Waals surface area (Å²) in [5.74, 6) is -0.312. The van der Waals surface area contributed by atoms with Gasteiger partial charge in [0.2, 0.25) is 10.0 Å². The Morgan fingerprint density at radius 3 is 2.53 bits per heavy atom. The van der Waals surface area contributed by atoms with E-state index in [1.54, 1.807) is 24.3 Å². The highest BCUT2D eigenvalue weighted by Crippen LogP contribution is 2.27. The molecule has 5 nitrogen and oxygen atoms in total. The van der Waals surface area contributed by atoms with E-state index in [0.717, 1.165) is 4.31 Å². The number of halogens is 1. The Kier molecular flexibility index (Phi) is 4.36. The maximum Gasteiger partial charge on any atom is 0.235 e. The van der Waals surface area contributed by atoms with Gasteiger partial charge in [-0.1, -0.05) is 23.7 Å². The summed E-state index contributed by atoms with van der Waals surface area (Å²) in [6.07, 6.45) is 0. The third kappa shape index (κ3) is 3.34. The summed E-state index contributed by atoms with van der Waals surface area (Å²) in [5.41, 5.74) is 5.61. The minimum absolute atomic E-state index is 0.0779. The molecule has 0 atom stereocenters. The van der Waals surface area contributed by atoms with Crippen LogP contribution in [0.1, 0.15) is 6.92 Å². The molecule has 0 amide bonds. The van der Waals surface area contributed by atoms with Crippen molar-refractivity contribution in [2.24, 2.45) is 5.73 Å². The third-order valence-electron chi connectivity index (χ3n) is 2.14. The molecule has 94 valence electrons. The first-order valence-electron chi connectivity index (χ1n) is 4.96. The van der Waals surface area contributed by atoms with E-state index >= 15 is 0 Å². The number of anilines is 1. The standard InChI is InChI=1S/C10H14ClN3O2S/c1-2-17(15,16)14(7-10(12)13)9-6-4-3-5-8(9)11/h3-6H,2,7H2,1H3,(H3,12,13). The van der Waals surface area contributed by atoms with Gasteiger partial charge in [-0.2, -0.15) is 0 Å². The lowest BCUT2D eigenvalue weighted by Gasteiger charge is -2.23. The first kappa shape index (κ1) is 13.8. The summed E-state index contributed by atoms with van der Waals surface area (Å²) in [6.45, 7) is 1.33. The highest BCUT2D eigenvalue weighted by atomic mass is 35.5. The molecule has 1 aromatic rings. The molecule has 0 unspecified atom stereocenters. The lowest BCUT2D eigenvalue weighted by Crippen LogP contribution is -2.39. The van der Waals surface area contributed by atoms with Crippen LogP contribution in [0.3, 0.4) is 0 Å². The van der Waals surface area contributed by atoms with E-state index in [0.29, 0.717) is 10.7 Å². The van der Waals surface area contributed by atoms with Crippen LogP contribution >= 0.6 is 11.6 Å². The van der Waals surface area contributed by atoms with Crippen molar-refractivity contribution in [1.82, 2.24) is 0 Å². The molecule has 0 aliphatic rings. The molecule has 3 N–H and O–H groups in total. The van der Waals surface area contributed by atoms with Crippen molar-refractivity contribution in [1.29, 1.82) is 5.41 Å². The number of sulfonamides is 1. The molecule has 7 heteroatoms. The van der Waals surface area contributed by atoms with Crippen molar-refractivity contribution in [3.8, 4) is 0 Å². The van der Waals surface area contributed by atoms with E-state index in [4.69, 9.17) is 22.7 Å². The summed E-state index contributed by atoms with van der Waals surface area (Å²) in [6, 6.07) is 6.56. The van der Waals surface area contributed by atoms with Gasteiger partial charge in [0.1, 0.15) is 5.84 Å². The summed E-state index contributed by atoms with van der Waals surface area (Å²) in [7, 11) is -3.50. The number of nitrogens with two attached hydrogens (primary N) is 1. The quantitative estimate of drug-likeness (QED) is 0.629. The summed E-state index contributed by atoms with van der Waals surface area (Å²) in [4.78, 5) is 0. The van der Waals surface area contributed by atoms with Crippen LogP contribution in [-0.4, -0.2) is 26.6 Å². The first-order valence-corrected chi connectivity index (χ1v) is 6.95. The fourth-order valence-corrected chi connectivity index (χ4v) is 2.69. The summed E-state index contributed by atoms with van der Waals surface area (Å²) < 4.78 is 24.9. The number of nitrogens with one attached hydrogen (secondary N) is 1. The largest absolute Gasteiger partial charge is 0.386 e. The van der Waals surface area contributed by atoms with Crippen molar-refractivity contribution in [2.45, 2.75) is 6.92 Å². The zero-order valence-electron chi connectivity index (χ0n) is 9.35. The zero-order chi connectivity index (χ0) is 13.1. The van der Waals surface area contributed by atoms with E-state index in [2.05, 4.69) is 0 Å². The average molecular weight is 276 g/mol. The lowest BCUT2D eigenvalue weighted by molar-refractivity contribution is 0.594. The fourth-order valence-electron chi connectivity index (χ4n) is 1.30. The maximum atomic E-state index is 11.9. The average Bonchev–Trinajstić information content (AvgIpc) is 2.26. The predicted molar refractivity (Wildman–Crippen MR) is 70.2 cm³/mol. The van der Waals surface area contributed by atoms with Gasteiger partial charge in [-0.15, -0.1) is 0 Å². The Morgan fingerprint density at radius 2 is 2.06 bits per heavy atom. The number of nitrogens with zero attached hydrogens (tertiary/aromatic N) is 1. The summed E-state index contributed by atoms with van der Waals surface area (Å²) >= 11 is 5.95. The van der Waals surface area contributed by atoms with E-state index in [1.165, 1.54) is 6.92 Å². The van der Waals surface area contributed by atoms with Gasteiger partial charge in [-0.3, -0.25) is 9.71 Å². The van der Waals surface area contributed by atoms with Crippen LogP contribution < -0.4 is 10.0 Å². The van der Waals surface area contributed by atoms with Crippen LogP contribution in [0.5, 0.6) is 0 Å². The molecule has 0 bridgehead atoms. The van der Waals surface area contributed by atoms with Crippen LogP contribution in [0, 0.1) is 5.41 Å². The Bertz CT molecular complexity index is 516. The molecule has 0 saturated carbocycles. The number of rotatable bonds is 5. The highest BCUT2D eigenvalue weighted by molar-refractivity contribution is 7.92. The van der Waals surface area contributed by atoms with E-state index in [9.17, 15) is 8.42 Å². The normalized spacial score (nSPS) is 11.2. The van der Waals surface area contributed by atoms with Crippen molar-refractivity contribution >= 4 is 33.1 Å².